The number of carbonyl (C=O) groups is 1. The Balaban J connectivity index is 1.78. The number of aromatic nitrogens is 2. The first-order chi connectivity index (χ1) is 10.6. The Morgan fingerprint density at radius 3 is 2.91 bits per heavy atom. The maximum atomic E-state index is 12.1. The van der Waals surface area contributed by atoms with E-state index in [9.17, 15) is 9.90 Å². The average Bonchev–Trinajstić information content (AvgIpc) is 2.54. The summed E-state index contributed by atoms with van der Waals surface area (Å²) in [6, 6.07) is 0. The van der Waals surface area contributed by atoms with E-state index in [1.807, 2.05) is 6.92 Å². The summed E-state index contributed by atoms with van der Waals surface area (Å²) in [5, 5.41) is 12.9. The summed E-state index contributed by atoms with van der Waals surface area (Å²) in [5.74, 6) is 0.558. The van der Waals surface area contributed by atoms with Crippen LogP contribution in [0.1, 0.15) is 42.7 Å². The van der Waals surface area contributed by atoms with Crippen LogP contribution in [0.3, 0.4) is 0 Å². The Morgan fingerprint density at radius 1 is 1.50 bits per heavy atom. The molecule has 1 fully saturated rings. The average molecular weight is 306 g/mol. The standard InChI is InChI=1S/C16H26N4O2/c1-3-15-14(9-17-11-19-15)16(22)18-8-13(21)10-20-6-4-12(2)5-7-20/h9,11-13,21H,3-8,10H2,1-2H3,(H,18,22)/t13-/m0/s1. The number of β-amino-alcohol motifs (C(OH)–C–C–N with tert-alkyl or cyclic N) is 1. The highest BCUT2D eigenvalue weighted by Crippen LogP contribution is 2.15. The molecule has 1 saturated heterocycles. The van der Waals surface area contributed by atoms with Crippen LogP contribution in [0.25, 0.3) is 0 Å². The van der Waals surface area contributed by atoms with Gasteiger partial charge in [-0.25, -0.2) is 9.97 Å². The summed E-state index contributed by atoms with van der Waals surface area (Å²) in [5.41, 5.74) is 1.22. The van der Waals surface area contributed by atoms with E-state index in [1.54, 1.807) is 0 Å². The summed E-state index contributed by atoms with van der Waals surface area (Å²) >= 11 is 0. The molecule has 0 spiro atoms. The predicted octanol–water partition coefficient (Wildman–Crippen LogP) is 0.862. The van der Waals surface area contributed by atoms with Crippen LogP contribution in [-0.2, 0) is 6.42 Å². The van der Waals surface area contributed by atoms with Crippen molar-refractivity contribution in [3.05, 3.63) is 23.8 Å². The number of hydrogen-bond acceptors (Lipinski definition) is 5. The Bertz CT molecular complexity index is 487. The van der Waals surface area contributed by atoms with Gasteiger partial charge in [0.25, 0.3) is 5.91 Å². The van der Waals surface area contributed by atoms with Crippen molar-refractivity contribution in [2.45, 2.75) is 39.2 Å². The van der Waals surface area contributed by atoms with Gasteiger partial charge in [0, 0.05) is 19.3 Å². The minimum Gasteiger partial charge on any atom is -0.390 e. The second-order valence-electron chi connectivity index (χ2n) is 6.08. The third kappa shape index (κ3) is 4.74. The topological polar surface area (TPSA) is 78.3 Å². The van der Waals surface area contributed by atoms with E-state index in [0.717, 1.165) is 24.7 Å². The molecule has 1 aliphatic heterocycles. The number of rotatable bonds is 6. The fourth-order valence-corrected chi connectivity index (χ4v) is 2.74. The summed E-state index contributed by atoms with van der Waals surface area (Å²) in [6.07, 6.45) is 5.47. The van der Waals surface area contributed by atoms with Crippen molar-refractivity contribution in [1.82, 2.24) is 20.2 Å². The van der Waals surface area contributed by atoms with Crippen molar-refractivity contribution >= 4 is 5.91 Å². The Hall–Kier alpha value is -1.53. The molecule has 0 bridgehead atoms. The van der Waals surface area contributed by atoms with Crippen molar-refractivity contribution in [2.24, 2.45) is 5.92 Å². The number of aliphatic hydroxyl groups is 1. The van der Waals surface area contributed by atoms with Crippen LogP contribution < -0.4 is 5.32 Å². The van der Waals surface area contributed by atoms with Crippen LogP contribution in [0.5, 0.6) is 0 Å². The monoisotopic (exact) mass is 306 g/mol. The van der Waals surface area contributed by atoms with E-state index in [1.165, 1.54) is 25.4 Å². The number of hydrogen-bond donors (Lipinski definition) is 2. The lowest BCUT2D eigenvalue weighted by atomic mass is 9.99. The van der Waals surface area contributed by atoms with Gasteiger partial charge in [0.15, 0.2) is 0 Å². The molecule has 122 valence electrons. The van der Waals surface area contributed by atoms with Crippen molar-refractivity contribution in [1.29, 1.82) is 0 Å². The molecule has 1 amide bonds. The number of likely N-dealkylation sites (tertiary alicyclic amines) is 1. The fraction of sp³-hybridized carbons (Fsp3) is 0.688. The molecule has 6 heteroatoms. The Labute approximate surface area is 132 Å². The van der Waals surface area contributed by atoms with Gasteiger partial charge in [-0.2, -0.15) is 0 Å². The molecule has 1 aromatic heterocycles. The lowest BCUT2D eigenvalue weighted by molar-refractivity contribution is 0.0794. The number of aryl methyl sites for hydroxylation is 1. The number of nitrogens with one attached hydrogen (secondary N) is 1. The highest BCUT2D eigenvalue weighted by atomic mass is 16.3. The molecule has 0 saturated carbocycles. The molecular formula is C16H26N4O2. The second-order valence-corrected chi connectivity index (χ2v) is 6.08. The first-order valence-corrected chi connectivity index (χ1v) is 8.07. The van der Waals surface area contributed by atoms with Gasteiger partial charge in [-0.1, -0.05) is 13.8 Å². The van der Waals surface area contributed by atoms with Crippen LogP contribution in [-0.4, -0.2) is 58.2 Å². The molecule has 2 N–H and O–H groups in total. The first-order valence-electron chi connectivity index (χ1n) is 8.07. The molecule has 2 rings (SSSR count). The molecule has 1 atom stereocenters. The number of amides is 1. The smallest absolute Gasteiger partial charge is 0.254 e. The fourth-order valence-electron chi connectivity index (χ4n) is 2.74. The third-order valence-corrected chi connectivity index (χ3v) is 4.22. The zero-order chi connectivity index (χ0) is 15.9. The number of piperidine rings is 1. The van der Waals surface area contributed by atoms with Crippen molar-refractivity contribution in [3.8, 4) is 0 Å². The third-order valence-electron chi connectivity index (χ3n) is 4.22. The maximum Gasteiger partial charge on any atom is 0.254 e. The summed E-state index contributed by atoms with van der Waals surface area (Å²) in [4.78, 5) is 22.4. The zero-order valence-corrected chi connectivity index (χ0v) is 13.5. The maximum absolute atomic E-state index is 12.1. The molecule has 2 heterocycles. The Kier molecular flexibility index (Phi) is 6.27. The van der Waals surface area contributed by atoms with Gasteiger partial charge in [-0.15, -0.1) is 0 Å². The molecule has 1 aromatic rings. The van der Waals surface area contributed by atoms with Gasteiger partial charge >= 0.3 is 0 Å². The summed E-state index contributed by atoms with van der Waals surface area (Å²) < 4.78 is 0. The normalized spacial score (nSPS) is 18.1. The first kappa shape index (κ1) is 16.8. The van der Waals surface area contributed by atoms with Crippen LogP contribution in [0.2, 0.25) is 0 Å². The highest BCUT2D eigenvalue weighted by molar-refractivity contribution is 5.94. The van der Waals surface area contributed by atoms with E-state index < -0.39 is 6.10 Å². The molecule has 0 unspecified atom stereocenters. The molecule has 6 nitrogen and oxygen atoms in total. The lowest BCUT2D eigenvalue weighted by Gasteiger charge is -2.31. The van der Waals surface area contributed by atoms with Crippen LogP contribution in [0.4, 0.5) is 0 Å². The predicted molar refractivity (Wildman–Crippen MR) is 84.6 cm³/mol. The summed E-state index contributed by atoms with van der Waals surface area (Å²) in [6.45, 7) is 7.13. The SMILES string of the molecule is CCc1ncncc1C(=O)NC[C@H](O)CN1CCC(C)CC1. The molecular weight excluding hydrogens is 280 g/mol. The van der Waals surface area contributed by atoms with E-state index in [0.29, 0.717) is 18.5 Å². The molecule has 1 aliphatic rings. The molecule has 22 heavy (non-hydrogen) atoms. The largest absolute Gasteiger partial charge is 0.390 e. The Morgan fingerprint density at radius 2 is 2.23 bits per heavy atom. The van der Waals surface area contributed by atoms with E-state index >= 15 is 0 Å². The van der Waals surface area contributed by atoms with E-state index in [-0.39, 0.29) is 12.5 Å². The highest BCUT2D eigenvalue weighted by Gasteiger charge is 2.19. The number of carbonyl (C=O) groups excluding carboxylic acids is 1. The molecule has 0 aromatic carbocycles. The molecule has 0 aliphatic carbocycles. The van der Waals surface area contributed by atoms with Crippen LogP contribution in [0, 0.1) is 5.92 Å². The zero-order valence-electron chi connectivity index (χ0n) is 13.5. The minimum absolute atomic E-state index is 0.219. The van der Waals surface area contributed by atoms with Gasteiger partial charge in [0.1, 0.15) is 6.33 Å². The van der Waals surface area contributed by atoms with Crippen molar-refractivity contribution in [3.63, 3.8) is 0 Å². The van der Waals surface area contributed by atoms with E-state index in [2.05, 4.69) is 27.1 Å². The summed E-state index contributed by atoms with van der Waals surface area (Å²) in [7, 11) is 0. The van der Waals surface area contributed by atoms with Gasteiger partial charge in [0.05, 0.1) is 17.4 Å². The minimum atomic E-state index is -0.549. The van der Waals surface area contributed by atoms with Crippen LogP contribution >= 0.6 is 0 Å². The van der Waals surface area contributed by atoms with Gasteiger partial charge in [-0.3, -0.25) is 4.79 Å². The van der Waals surface area contributed by atoms with Crippen LogP contribution in [0.15, 0.2) is 12.5 Å². The number of nitrogens with zero attached hydrogens (tertiary/aromatic N) is 3. The van der Waals surface area contributed by atoms with Gasteiger partial charge in [0.2, 0.25) is 0 Å². The lowest BCUT2D eigenvalue weighted by Crippen LogP contribution is -2.43. The molecule has 0 radical (unpaired) electrons. The van der Waals surface area contributed by atoms with E-state index in [4.69, 9.17) is 0 Å². The van der Waals surface area contributed by atoms with Crippen molar-refractivity contribution < 1.29 is 9.90 Å². The second kappa shape index (κ2) is 8.19. The van der Waals surface area contributed by atoms with Gasteiger partial charge in [-0.05, 0) is 38.3 Å². The van der Waals surface area contributed by atoms with Crippen molar-refractivity contribution in [2.75, 3.05) is 26.2 Å². The van der Waals surface area contributed by atoms with Gasteiger partial charge < -0.3 is 15.3 Å². The quantitative estimate of drug-likeness (QED) is 0.815. The number of aliphatic hydroxyl groups excluding tert-OH is 1.